The van der Waals surface area contributed by atoms with Crippen molar-refractivity contribution in [1.29, 1.82) is 0 Å². The van der Waals surface area contributed by atoms with Crippen molar-refractivity contribution in [3.05, 3.63) is 0 Å². The van der Waals surface area contributed by atoms with E-state index < -0.39 is 11.9 Å². The third-order valence-electron chi connectivity index (χ3n) is 4.49. The number of carbonyl (C=O) groups is 2. The van der Waals surface area contributed by atoms with Crippen LogP contribution in [0.2, 0.25) is 0 Å². The maximum atomic E-state index is 12.5. The number of aliphatic carboxylic acids is 1. The Morgan fingerprint density at radius 3 is 2.43 bits per heavy atom. The second-order valence-electron chi connectivity index (χ2n) is 6.49. The van der Waals surface area contributed by atoms with Gasteiger partial charge in [-0.15, -0.1) is 0 Å². The SMILES string of the molecule is CCCCCN(CC(C)C(=O)O)C(=O)CC1CCCCC1. The summed E-state index contributed by atoms with van der Waals surface area (Å²) >= 11 is 0. The van der Waals surface area contributed by atoms with Crippen molar-refractivity contribution in [1.82, 2.24) is 4.90 Å². The molecule has 0 aromatic carbocycles. The third-order valence-corrected chi connectivity index (χ3v) is 4.49. The molecular formula is C17H31NO3. The first-order valence-electron chi connectivity index (χ1n) is 8.55. The van der Waals surface area contributed by atoms with Crippen LogP contribution in [0.5, 0.6) is 0 Å². The topological polar surface area (TPSA) is 57.6 Å². The average Bonchev–Trinajstić information content (AvgIpc) is 2.47. The molecule has 122 valence electrons. The zero-order valence-electron chi connectivity index (χ0n) is 13.6. The Morgan fingerprint density at radius 2 is 1.86 bits per heavy atom. The summed E-state index contributed by atoms with van der Waals surface area (Å²) in [6, 6.07) is 0. The van der Waals surface area contributed by atoms with E-state index in [4.69, 9.17) is 5.11 Å². The molecule has 0 saturated heterocycles. The van der Waals surface area contributed by atoms with E-state index >= 15 is 0 Å². The molecule has 4 nitrogen and oxygen atoms in total. The molecule has 0 aromatic heterocycles. The van der Waals surface area contributed by atoms with Crippen molar-refractivity contribution in [2.75, 3.05) is 13.1 Å². The summed E-state index contributed by atoms with van der Waals surface area (Å²) in [6.45, 7) is 4.87. The fraction of sp³-hybridized carbons (Fsp3) is 0.882. The minimum absolute atomic E-state index is 0.158. The molecule has 1 N–H and O–H groups in total. The lowest BCUT2D eigenvalue weighted by Crippen LogP contribution is -2.38. The van der Waals surface area contributed by atoms with Gasteiger partial charge in [0.15, 0.2) is 0 Å². The Balaban J connectivity index is 2.51. The maximum Gasteiger partial charge on any atom is 0.308 e. The normalized spacial score (nSPS) is 17.4. The minimum atomic E-state index is -0.819. The summed E-state index contributed by atoms with van der Waals surface area (Å²) in [7, 11) is 0. The molecule has 0 bridgehead atoms. The van der Waals surface area contributed by atoms with Gasteiger partial charge in [-0.1, -0.05) is 46.0 Å². The van der Waals surface area contributed by atoms with Gasteiger partial charge in [-0.05, 0) is 25.2 Å². The number of nitrogens with zero attached hydrogens (tertiary/aromatic N) is 1. The van der Waals surface area contributed by atoms with Gasteiger partial charge in [-0.3, -0.25) is 9.59 Å². The summed E-state index contributed by atoms with van der Waals surface area (Å²) in [5.41, 5.74) is 0. The Morgan fingerprint density at radius 1 is 1.19 bits per heavy atom. The highest BCUT2D eigenvalue weighted by Crippen LogP contribution is 2.27. The highest BCUT2D eigenvalue weighted by Gasteiger charge is 2.23. The van der Waals surface area contributed by atoms with Crippen LogP contribution in [0.1, 0.15) is 71.6 Å². The van der Waals surface area contributed by atoms with Crippen molar-refractivity contribution < 1.29 is 14.7 Å². The number of rotatable bonds is 9. The maximum absolute atomic E-state index is 12.5. The van der Waals surface area contributed by atoms with Crippen molar-refractivity contribution in [3.63, 3.8) is 0 Å². The number of carboxylic acids is 1. The van der Waals surface area contributed by atoms with E-state index in [0.717, 1.165) is 32.1 Å². The molecule has 0 aromatic rings. The highest BCUT2D eigenvalue weighted by molar-refractivity contribution is 5.77. The van der Waals surface area contributed by atoms with Crippen LogP contribution in [0.3, 0.4) is 0 Å². The molecule has 21 heavy (non-hydrogen) atoms. The Labute approximate surface area is 128 Å². The monoisotopic (exact) mass is 297 g/mol. The smallest absolute Gasteiger partial charge is 0.308 e. The van der Waals surface area contributed by atoms with Gasteiger partial charge >= 0.3 is 5.97 Å². The van der Waals surface area contributed by atoms with Crippen LogP contribution in [0.15, 0.2) is 0 Å². The van der Waals surface area contributed by atoms with E-state index in [2.05, 4.69) is 6.92 Å². The van der Waals surface area contributed by atoms with Crippen LogP contribution in [0, 0.1) is 11.8 Å². The Bertz CT molecular complexity index is 324. The van der Waals surface area contributed by atoms with Gasteiger partial charge in [0, 0.05) is 19.5 Å². The molecule has 1 fully saturated rings. The summed E-state index contributed by atoms with van der Waals surface area (Å²) in [5.74, 6) is -0.631. The van der Waals surface area contributed by atoms with E-state index in [0.29, 0.717) is 25.4 Å². The average molecular weight is 297 g/mol. The Kier molecular flexibility index (Phi) is 8.40. The predicted octanol–water partition coefficient (Wildman–Crippen LogP) is 3.70. The van der Waals surface area contributed by atoms with Gasteiger partial charge in [0.2, 0.25) is 5.91 Å². The molecular weight excluding hydrogens is 266 g/mol. The largest absolute Gasteiger partial charge is 0.481 e. The van der Waals surface area contributed by atoms with E-state index in [1.165, 1.54) is 19.3 Å². The van der Waals surface area contributed by atoms with Crippen LogP contribution >= 0.6 is 0 Å². The van der Waals surface area contributed by atoms with Gasteiger partial charge < -0.3 is 10.0 Å². The first-order valence-corrected chi connectivity index (χ1v) is 8.55. The molecule has 0 heterocycles. The second kappa shape index (κ2) is 9.80. The van der Waals surface area contributed by atoms with Gasteiger partial charge in [-0.2, -0.15) is 0 Å². The number of carbonyl (C=O) groups excluding carboxylic acids is 1. The van der Waals surface area contributed by atoms with Crippen molar-refractivity contribution in [2.24, 2.45) is 11.8 Å². The van der Waals surface area contributed by atoms with Gasteiger partial charge in [0.05, 0.1) is 5.92 Å². The summed E-state index contributed by atoms with van der Waals surface area (Å²) in [6.07, 6.45) is 9.86. The quantitative estimate of drug-likeness (QED) is 0.660. The molecule has 1 rings (SSSR count). The lowest BCUT2D eigenvalue weighted by molar-refractivity contribution is -0.143. The zero-order chi connectivity index (χ0) is 15.7. The third kappa shape index (κ3) is 6.96. The number of hydrogen-bond donors (Lipinski definition) is 1. The fourth-order valence-corrected chi connectivity index (χ4v) is 3.05. The number of amides is 1. The molecule has 1 amide bonds. The summed E-state index contributed by atoms with van der Waals surface area (Å²) in [4.78, 5) is 25.3. The summed E-state index contributed by atoms with van der Waals surface area (Å²) < 4.78 is 0. The molecule has 0 spiro atoms. The van der Waals surface area contributed by atoms with Crippen LogP contribution in [0.4, 0.5) is 0 Å². The summed E-state index contributed by atoms with van der Waals surface area (Å²) in [5, 5.41) is 9.07. The van der Waals surface area contributed by atoms with E-state index in [9.17, 15) is 9.59 Å². The van der Waals surface area contributed by atoms with E-state index in [-0.39, 0.29) is 5.91 Å². The molecule has 1 aliphatic carbocycles. The molecule has 1 saturated carbocycles. The lowest BCUT2D eigenvalue weighted by Gasteiger charge is -2.28. The standard InChI is InChI=1S/C17H31NO3/c1-3-4-8-11-18(13-14(2)17(20)21)16(19)12-15-9-6-5-7-10-15/h14-15H,3-13H2,1-2H3,(H,20,21). The van der Waals surface area contributed by atoms with Gasteiger partial charge in [0.25, 0.3) is 0 Å². The van der Waals surface area contributed by atoms with Crippen molar-refractivity contribution >= 4 is 11.9 Å². The van der Waals surface area contributed by atoms with Crippen LogP contribution < -0.4 is 0 Å². The van der Waals surface area contributed by atoms with Crippen molar-refractivity contribution in [3.8, 4) is 0 Å². The van der Waals surface area contributed by atoms with E-state index in [1.54, 1.807) is 11.8 Å². The second-order valence-corrected chi connectivity index (χ2v) is 6.49. The molecule has 1 unspecified atom stereocenters. The number of hydrogen-bond acceptors (Lipinski definition) is 2. The number of unbranched alkanes of at least 4 members (excludes halogenated alkanes) is 2. The highest BCUT2D eigenvalue weighted by atomic mass is 16.4. The van der Waals surface area contributed by atoms with Gasteiger partial charge in [0.1, 0.15) is 0 Å². The van der Waals surface area contributed by atoms with Gasteiger partial charge in [-0.25, -0.2) is 0 Å². The van der Waals surface area contributed by atoms with Crippen molar-refractivity contribution in [2.45, 2.75) is 71.6 Å². The van der Waals surface area contributed by atoms with Crippen LogP contribution in [0.25, 0.3) is 0 Å². The fourth-order valence-electron chi connectivity index (χ4n) is 3.05. The first kappa shape index (κ1) is 18.0. The molecule has 1 atom stereocenters. The van der Waals surface area contributed by atoms with E-state index in [1.807, 2.05) is 0 Å². The predicted molar refractivity (Wildman–Crippen MR) is 84.1 cm³/mol. The Hall–Kier alpha value is -1.06. The molecule has 1 aliphatic rings. The minimum Gasteiger partial charge on any atom is -0.481 e. The first-order chi connectivity index (χ1) is 10.0. The molecule has 0 radical (unpaired) electrons. The number of carboxylic acid groups (broad SMARTS) is 1. The lowest BCUT2D eigenvalue weighted by atomic mass is 9.86. The molecule has 0 aliphatic heterocycles. The van der Waals surface area contributed by atoms with Crippen LogP contribution in [-0.2, 0) is 9.59 Å². The molecule has 4 heteroatoms. The zero-order valence-corrected chi connectivity index (χ0v) is 13.6. The van der Waals surface area contributed by atoms with Crippen LogP contribution in [-0.4, -0.2) is 35.0 Å².